The minimum absolute atomic E-state index is 0.458. The van der Waals surface area contributed by atoms with Gasteiger partial charge in [-0.15, -0.1) is 0 Å². The van der Waals surface area contributed by atoms with Crippen LogP contribution in [0.25, 0.3) is 0 Å². The van der Waals surface area contributed by atoms with Gasteiger partial charge >= 0.3 is 0 Å². The van der Waals surface area contributed by atoms with Crippen LogP contribution in [0.15, 0.2) is 12.2 Å². The summed E-state index contributed by atoms with van der Waals surface area (Å²) >= 11 is 2.09. The molecule has 2 heteroatoms. The number of allylic oxidation sites excluding steroid dienone is 1. The second-order valence-electron chi connectivity index (χ2n) is 3.91. The van der Waals surface area contributed by atoms with Crippen molar-refractivity contribution in [2.45, 2.75) is 25.5 Å². The molecule has 0 atom stereocenters. The molecule has 12 heavy (non-hydrogen) atoms. The highest BCUT2D eigenvalue weighted by Crippen LogP contribution is 2.29. The van der Waals surface area contributed by atoms with E-state index in [1.807, 2.05) is 0 Å². The minimum Gasteiger partial charge on any atom is -0.298 e. The number of hydrogen-bond donors (Lipinski definition) is 0. The van der Waals surface area contributed by atoms with E-state index in [0.717, 1.165) is 6.54 Å². The third-order valence-corrected chi connectivity index (χ3v) is 3.40. The van der Waals surface area contributed by atoms with Crippen LogP contribution in [0.1, 0.15) is 20.8 Å². The predicted octanol–water partition coefficient (Wildman–Crippen LogP) is 2.39. The first-order valence-electron chi connectivity index (χ1n) is 4.61. The van der Waals surface area contributed by atoms with Crippen LogP contribution >= 0.6 is 11.8 Å². The summed E-state index contributed by atoms with van der Waals surface area (Å²) in [5, 5.41) is 0. The Morgan fingerprint density at radius 3 is 2.83 bits per heavy atom. The van der Waals surface area contributed by atoms with Crippen LogP contribution in [0.2, 0.25) is 0 Å². The molecule has 1 rings (SSSR count). The molecule has 1 heterocycles. The van der Waals surface area contributed by atoms with E-state index in [-0.39, 0.29) is 0 Å². The molecule has 1 aliphatic heterocycles. The Kier molecular flexibility index (Phi) is 3.66. The predicted molar refractivity (Wildman–Crippen MR) is 57.8 cm³/mol. The highest BCUT2D eigenvalue weighted by molar-refractivity contribution is 8.00. The summed E-state index contributed by atoms with van der Waals surface area (Å²) < 4.78 is 0.458. The zero-order chi connectivity index (χ0) is 9.03. The van der Waals surface area contributed by atoms with Crippen LogP contribution < -0.4 is 0 Å². The van der Waals surface area contributed by atoms with Crippen molar-refractivity contribution in [2.75, 3.05) is 25.4 Å². The van der Waals surface area contributed by atoms with Gasteiger partial charge in [-0.2, -0.15) is 11.8 Å². The molecular weight excluding hydrogens is 166 g/mol. The van der Waals surface area contributed by atoms with E-state index in [9.17, 15) is 0 Å². The van der Waals surface area contributed by atoms with E-state index in [1.165, 1.54) is 18.8 Å². The van der Waals surface area contributed by atoms with Crippen LogP contribution in [0.5, 0.6) is 0 Å². The minimum atomic E-state index is 0.458. The zero-order valence-corrected chi connectivity index (χ0v) is 9.16. The van der Waals surface area contributed by atoms with E-state index >= 15 is 0 Å². The zero-order valence-electron chi connectivity index (χ0n) is 8.34. The second kappa shape index (κ2) is 4.33. The Bertz CT molecular complexity index is 163. The SMILES string of the molecule is C/C=C/CN1CCSC(C)(C)C1. The Hall–Kier alpha value is 0.0500. The fourth-order valence-corrected chi connectivity index (χ4v) is 2.70. The van der Waals surface area contributed by atoms with Crippen molar-refractivity contribution in [3.63, 3.8) is 0 Å². The lowest BCUT2D eigenvalue weighted by atomic mass is 10.2. The summed E-state index contributed by atoms with van der Waals surface area (Å²) in [5.41, 5.74) is 0. The maximum Gasteiger partial charge on any atom is 0.0231 e. The molecule has 0 aromatic heterocycles. The van der Waals surface area contributed by atoms with Crippen LogP contribution in [-0.4, -0.2) is 35.0 Å². The highest BCUT2D eigenvalue weighted by Gasteiger charge is 2.25. The Morgan fingerprint density at radius 2 is 2.25 bits per heavy atom. The summed E-state index contributed by atoms with van der Waals surface area (Å²) in [6, 6.07) is 0. The molecule has 0 unspecified atom stereocenters. The summed E-state index contributed by atoms with van der Waals surface area (Å²) in [4.78, 5) is 2.52. The van der Waals surface area contributed by atoms with Gasteiger partial charge in [0.15, 0.2) is 0 Å². The van der Waals surface area contributed by atoms with Crippen molar-refractivity contribution >= 4 is 11.8 Å². The topological polar surface area (TPSA) is 3.24 Å². The monoisotopic (exact) mass is 185 g/mol. The molecule has 0 aromatic carbocycles. The average molecular weight is 185 g/mol. The molecule has 70 valence electrons. The summed E-state index contributed by atoms with van der Waals surface area (Å²) in [5.74, 6) is 1.28. The third kappa shape index (κ3) is 3.20. The number of nitrogens with zero attached hydrogens (tertiary/aromatic N) is 1. The lowest BCUT2D eigenvalue weighted by Gasteiger charge is -2.36. The molecule has 0 radical (unpaired) electrons. The molecular formula is C10H19NS. The van der Waals surface area contributed by atoms with E-state index in [0.29, 0.717) is 4.75 Å². The van der Waals surface area contributed by atoms with E-state index in [2.05, 4.69) is 49.6 Å². The van der Waals surface area contributed by atoms with Gasteiger partial charge in [0.2, 0.25) is 0 Å². The van der Waals surface area contributed by atoms with Gasteiger partial charge in [-0.1, -0.05) is 12.2 Å². The van der Waals surface area contributed by atoms with Gasteiger partial charge in [0.1, 0.15) is 0 Å². The van der Waals surface area contributed by atoms with Gasteiger partial charge in [-0.3, -0.25) is 4.90 Å². The van der Waals surface area contributed by atoms with E-state index in [4.69, 9.17) is 0 Å². The van der Waals surface area contributed by atoms with Gasteiger partial charge in [0.25, 0.3) is 0 Å². The second-order valence-corrected chi connectivity index (χ2v) is 5.71. The molecule has 0 aliphatic carbocycles. The molecule has 1 saturated heterocycles. The molecule has 1 aliphatic rings. The number of hydrogen-bond acceptors (Lipinski definition) is 2. The summed E-state index contributed by atoms with van der Waals surface area (Å²) in [6.07, 6.45) is 4.38. The van der Waals surface area contributed by atoms with Gasteiger partial charge in [-0.05, 0) is 20.8 Å². The van der Waals surface area contributed by atoms with Crippen molar-refractivity contribution in [1.29, 1.82) is 0 Å². The normalized spacial score (nSPS) is 24.9. The molecule has 0 saturated carbocycles. The molecule has 0 bridgehead atoms. The van der Waals surface area contributed by atoms with Crippen molar-refractivity contribution in [1.82, 2.24) is 4.90 Å². The van der Waals surface area contributed by atoms with Crippen molar-refractivity contribution in [3.8, 4) is 0 Å². The first-order valence-corrected chi connectivity index (χ1v) is 5.60. The van der Waals surface area contributed by atoms with Gasteiger partial charge in [0, 0.05) is 30.1 Å². The first kappa shape index (κ1) is 10.1. The van der Waals surface area contributed by atoms with Crippen LogP contribution in [0.3, 0.4) is 0 Å². The smallest absolute Gasteiger partial charge is 0.0231 e. The standard InChI is InChI=1S/C10H19NS/c1-4-5-6-11-7-8-12-10(2,3)9-11/h4-5H,6-9H2,1-3H3/b5-4+. The lowest BCUT2D eigenvalue weighted by molar-refractivity contribution is 0.287. The Labute approximate surface area is 80.2 Å². The van der Waals surface area contributed by atoms with Crippen LogP contribution in [-0.2, 0) is 0 Å². The number of thioether (sulfide) groups is 1. The highest BCUT2D eigenvalue weighted by atomic mass is 32.2. The third-order valence-electron chi connectivity index (χ3n) is 2.10. The molecule has 0 amide bonds. The largest absolute Gasteiger partial charge is 0.298 e. The van der Waals surface area contributed by atoms with Crippen molar-refractivity contribution in [2.24, 2.45) is 0 Å². The van der Waals surface area contributed by atoms with Crippen molar-refractivity contribution in [3.05, 3.63) is 12.2 Å². The maximum atomic E-state index is 2.52. The van der Waals surface area contributed by atoms with Gasteiger partial charge < -0.3 is 0 Å². The molecule has 1 fully saturated rings. The maximum absolute atomic E-state index is 2.52. The Morgan fingerprint density at radius 1 is 1.50 bits per heavy atom. The number of rotatable bonds is 2. The van der Waals surface area contributed by atoms with Crippen LogP contribution in [0, 0.1) is 0 Å². The van der Waals surface area contributed by atoms with Crippen LogP contribution in [0.4, 0.5) is 0 Å². The fraction of sp³-hybridized carbons (Fsp3) is 0.800. The van der Waals surface area contributed by atoms with Crippen molar-refractivity contribution < 1.29 is 0 Å². The molecule has 0 N–H and O–H groups in total. The summed E-state index contributed by atoms with van der Waals surface area (Å²) in [7, 11) is 0. The molecule has 0 spiro atoms. The average Bonchev–Trinajstić information content (AvgIpc) is 1.99. The van der Waals surface area contributed by atoms with E-state index in [1.54, 1.807) is 0 Å². The van der Waals surface area contributed by atoms with Gasteiger partial charge in [0.05, 0.1) is 0 Å². The fourth-order valence-electron chi connectivity index (χ4n) is 1.52. The molecule has 0 aromatic rings. The first-order chi connectivity index (χ1) is 5.64. The lowest BCUT2D eigenvalue weighted by Crippen LogP contribution is -2.42. The Balaban J connectivity index is 2.36. The van der Waals surface area contributed by atoms with E-state index < -0.39 is 0 Å². The summed E-state index contributed by atoms with van der Waals surface area (Å²) in [6.45, 7) is 10.4. The molecule has 1 nitrogen and oxygen atoms in total. The van der Waals surface area contributed by atoms with Gasteiger partial charge in [-0.25, -0.2) is 0 Å². The quantitative estimate of drug-likeness (QED) is 0.608.